The van der Waals surface area contributed by atoms with Crippen molar-refractivity contribution in [2.24, 2.45) is 0 Å². The Morgan fingerprint density at radius 1 is 1.08 bits per heavy atom. The summed E-state index contributed by atoms with van der Waals surface area (Å²) in [6.07, 6.45) is 0.962. The van der Waals surface area contributed by atoms with Gasteiger partial charge in [-0.25, -0.2) is 0 Å². The van der Waals surface area contributed by atoms with Gasteiger partial charge in [0.05, 0.1) is 0 Å². The second-order valence-corrected chi connectivity index (χ2v) is 6.12. The number of nitro groups is 1. The molecule has 4 heteroatoms. The summed E-state index contributed by atoms with van der Waals surface area (Å²) in [6.45, 7) is 7.38. The van der Waals surface area contributed by atoms with E-state index in [1.165, 1.54) is 0 Å². The van der Waals surface area contributed by atoms with Gasteiger partial charge >= 0.3 is 5.54 Å². The standard InChI is InChI=1S/C20H23NO3/c1-5-16-11-12-18(15(4)13-16)20(6-2,21(23)24)19(22)17-10-8-7-9-14(17)3/h7-13H,5-6H2,1-4H3. The number of ketones is 1. The fourth-order valence-corrected chi connectivity index (χ4v) is 3.24. The van der Waals surface area contributed by atoms with Crippen LogP contribution in [0, 0.1) is 24.0 Å². The molecule has 1 atom stereocenters. The fourth-order valence-electron chi connectivity index (χ4n) is 3.24. The predicted molar refractivity (Wildman–Crippen MR) is 95.0 cm³/mol. The van der Waals surface area contributed by atoms with Crippen LogP contribution in [0.2, 0.25) is 0 Å². The Kier molecular flexibility index (Phi) is 5.17. The number of hydrogen-bond acceptors (Lipinski definition) is 3. The molecule has 0 saturated carbocycles. The van der Waals surface area contributed by atoms with Crippen LogP contribution in [0.15, 0.2) is 42.5 Å². The number of hydrogen-bond donors (Lipinski definition) is 0. The molecule has 0 N–H and O–H groups in total. The number of aryl methyl sites for hydroxylation is 3. The SMILES string of the molecule is CCc1ccc(C(CC)(C(=O)c2ccccc2C)[N+](=O)[O-])c(C)c1. The van der Waals surface area contributed by atoms with Crippen molar-refractivity contribution in [2.75, 3.05) is 0 Å². The molecule has 2 rings (SSSR count). The van der Waals surface area contributed by atoms with Gasteiger partial charge in [0.1, 0.15) is 0 Å². The molecule has 2 aromatic carbocycles. The lowest BCUT2D eigenvalue weighted by Crippen LogP contribution is -2.44. The highest BCUT2D eigenvalue weighted by molar-refractivity contribution is 6.04. The van der Waals surface area contributed by atoms with E-state index >= 15 is 0 Å². The first-order valence-electron chi connectivity index (χ1n) is 8.23. The zero-order chi connectivity index (χ0) is 17.9. The highest BCUT2D eigenvalue weighted by Gasteiger charge is 2.52. The third-order valence-electron chi connectivity index (χ3n) is 4.73. The summed E-state index contributed by atoms with van der Waals surface area (Å²) in [5, 5.41) is 12.1. The minimum Gasteiger partial charge on any atom is -0.286 e. The molecular weight excluding hydrogens is 302 g/mol. The molecule has 0 fully saturated rings. The van der Waals surface area contributed by atoms with Crippen molar-refractivity contribution in [3.8, 4) is 0 Å². The van der Waals surface area contributed by atoms with Crippen LogP contribution in [0.1, 0.15) is 52.9 Å². The highest BCUT2D eigenvalue weighted by Crippen LogP contribution is 2.36. The summed E-state index contributed by atoms with van der Waals surface area (Å²) in [7, 11) is 0. The third kappa shape index (κ3) is 2.84. The number of carbonyl (C=O) groups excluding carboxylic acids is 1. The monoisotopic (exact) mass is 325 g/mol. The minimum atomic E-state index is -1.75. The van der Waals surface area contributed by atoms with Gasteiger partial charge in [-0.2, -0.15) is 0 Å². The molecular formula is C20H23NO3. The molecule has 0 aliphatic heterocycles. The van der Waals surface area contributed by atoms with Gasteiger partial charge < -0.3 is 0 Å². The molecule has 0 bridgehead atoms. The first-order valence-corrected chi connectivity index (χ1v) is 8.23. The molecule has 24 heavy (non-hydrogen) atoms. The number of nitrogens with zero attached hydrogens (tertiary/aromatic N) is 1. The fraction of sp³-hybridized carbons (Fsp3) is 0.350. The van der Waals surface area contributed by atoms with E-state index in [9.17, 15) is 14.9 Å². The summed E-state index contributed by atoms with van der Waals surface area (Å²) < 4.78 is 0. The highest BCUT2D eigenvalue weighted by atomic mass is 16.6. The van der Waals surface area contributed by atoms with Gasteiger partial charge in [0.2, 0.25) is 5.78 Å². The third-order valence-corrected chi connectivity index (χ3v) is 4.73. The van der Waals surface area contributed by atoms with Crippen LogP contribution in [0.3, 0.4) is 0 Å². The maximum atomic E-state index is 13.2. The van der Waals surface area contributed by atoms with Crippen LogP contribution < -0.4 is 0 Å². The van der Waals surface area contributed by atoms with Crippen LogP contribution in [0.4, 0.5) is 0 Å². The van der Waals surface area contributed by atoms with Crippen molar-refractivity contribution in [1.82, 2.24) is 0 Å². The van der Waals surface area contributed by atoms with E-state index in [-0.39, 0.29) is 6.42 Å². The Hall–Kier alpha value is -2.49. The van der Waals surface area contributed by atoms with E-state index in [2.05, 4.69) is 0 Å². The Bertz CT molecular complexity index is 782. The summed E-state index contributed by atoms with van der Waals surface area (Å²) in [6, 6.07) is 12.6. The summed E-state index contributed by atoms with van der Waals surface area (Å²) >= 11 is 0. The van der Waals surface area contributed by atoms with E-state index in [0.29, 0.717) is 11.1 Å². The van der Waals surface area contributed by atoms with Crippen molar-refractivity contribution >= 4 is 5.78 Å². The molecule has 126 valence electrons. The van der Waals surface area contributed by atoms with Gasteiger partial charge in [-0.3, -0.25) is 14.9 Å². The quantitative estimate of drug-likeness (QED) is 0.442. The lowest BCUT2D eigenvalue weighted by molar-refractivity contribution is -0.559. The second-order valence-electron chi connectivity index (χ2n) is 6.12. The Balaban J connectivity index is 2.70. The molecule has 0 aromatic heterocycles. The number of carbonyl (C=O) groups is 1. The first-order chi connectivity index (χ1) is 11.4. The molecule has 0 aliphatic carbocycles. The van der Waals surface area contributed by atoms with Crippen molar-refractivity contribution in [1.29, 1.82) is 0 Å². The predicted octanol–water partition coefficient (Wildman–Crippen LogP) is 4.63. The number of benzene rings is 2. The van der Waals surface area contributed by atoms with Crippen molar-refractivity contribution in [2.45, 2.75) is 46.1 Å². The summed E-state index contributed by atoms with van der Waals surface area (Å²) in [4.78, 5) is 24.9. The molecule has 2 aromatic rings. The molecule has 0 radical (unpaired) electrons. The smallest absolute Gasteiger partial charge is 0.286 e. The maximum absolute atomic E-state index is 13.2. The minimum absolute atomic E-state index is 0.111. The molecule has 0 heterocycles. The van der Waals surface area contributed by atoms with Gasteiger partial charge in [0.25, 0.3) is 0 Å². The zero-order valence-electron chi connectivity index (χ0n) is 14.6. The zero-order valence-corrected chi connectivity index (χ0v) is 14.6. The molecule has 0 aliphatic rings. The molecule has 4 nitrogen and oxygen atoms in total. The summed E-state index contributed by atoms with van der Waals surface area (Å²) in [5.74, 6) is -0.444. The van der Waals surface area contributed by atoms with Gasteiger partial charge in [-0.1, -0.05) is 56.3 Å². The van der Waals surface area contributed by atoms with Crippen molar-refractivity contribution < 1.29 is 9.72 Å². The van der Waals surface area contributed by atoms with Gasteiger partial charge in [0.15, 0.2) is 0 Å². The van der Waals surface area contributed by atoms with Gasteiger partial charge in [-0.05, 0) is 37.0 Å². The molecule has 1 unspecified atom stereocenters. The second kappa shape index (κ2) is 6.95. The first kappa shape index (κ1) is 17.9. The van der Waals surface area contributed by atoms with Crippen LogP contribution in [-0.4, -0.2) is 10.7 Å². The van der Waals surface area contributed by atoms with E-state index < -0.39 is 16.2 Å². The average Bonchev–Trinajstić information content (AvgIpc) is 2.57. The summed E-state index contributed by atoms with van der Waals surface area (Å²) in [5.41, 5.74) is 1.80. The lowest BCUT2D eigenvalue weighted by atomic mass is 9.77. The molecule has 0 amide bonds. The van der Waals surface area contributed by atoms with Crippen LogP contribution in [-0.2, 0) is 12.0 Å². The number of rotatable bonds is 6. The average molecular weight is 325 g/mol. The van der Waals surface area contributed by atoms with Crippen LogP contribution in [0.5, 0.6) is 0 Å². The van der Waals surface area contributed by atoms with E-state index in [4.69, 9.17) is 0 Å². The topological polar surface area (TPSA) is 60.2 Å². The van der Waals surface area contributed by atoms with E-state index in [1.54, 1.807) is 38.1 Å². The Morgan fingerprint density at radius 3 is 2.25 bits per heavy atom. The Morgan fingerprint density at radius 2 is 1.75 bits per heavy atom. The van der Waals surface area contributed by atoms with Gasteiger partial charge in [-0.15, -0.1) is 0 Å². The van der Waals surface area contributed by atoms with Crippen LogP contribution in [0.25, 0.3) is 0 Å². The van der Waals surface area contributed by atoms with Crippen molar-refractivity contribution in [3.63, 3.8) is 0 Å². The normalized spacial score (nSPS) is 13.3. The van der Waals surface area contributed by atoms with Crippen molar-refractivity contribution in [3.05, 3.63) is 80.4 Å². The van der Waals surface area contributed by atoms with E-state index in [0.717, 1.165) is 23.1 Å². The van der Waals surface area contributed by atoms with E-state index in [1.807, 2.05) is 32.0 Å². The van der Waals surface area contributed by atoms with Gasteiger partial charge in [0, 0.05) is 22.5 Å². The largest absolute Gasteiger partial charge is 0.308 e. The molecule has 0 saturated heterocycles. The Labute approximate surface area is 142 Å². The lowest BCUT2D eigenvalue weighted by Gasteiger charge is -2.25. The maximum Gasteiger partial charge on any atom is 0.308 e. The van der Waals surface area contributed by atoms with Crippen LogP contribution >= 0.6 is 0 Å². The molecule has 0 spiro atoms. The number of Topliss-reactive ketones (excluding diaryl/α,β-unsaturated/α-hetero) is 1.